The molecule has 0 atom stereocenters. The molecular formula is C14H19N3O. The van der Waals surface area contributed by atoms with E-state index in [1.165, 1.54) is 0 Å². The van der Waals surface area contributed by atoms with Crippen molar-refractivity contribution < 1.29 is 4.74 Å². The van der Waals surface area contributed by atoms with E-state index >= 15 is 0 Å². The van der Waals surface area contributed by atoms with Crippen LogP contribution in [-0.4, -0.2) is 16.9 Å². The number of ether oxygens (including phenoxy) is 1. The van der Waals surface area contributed by atoms with Crippen LogP contribution in [0.15, 0.2) is 36.5 Å². The van der Waals surface area contributed by atoms with Gasteiger partial charge in [-0.1, -0.05) is 13.0 Å². The van der Waals surface area contributed by atoms with Crippen molar-refractivity contribution in [3.8, 4) is 5.75 Å². The number of aromatic nitrogens is 2. The van der Waals surface area contributed by atoms with Crippen molar-refractivity contribution in [3.05, 3.63) is 42.2 Å². The van der Waals surface area contributed by atoms with E-state index < -0.39 is 0 Å². The molecule has 0 spiro atoms. The fourth-order valence-corrected chi connectivity index (χ4v) is 1.78. The van der Waals surface area contributed by atoms with Crippen molar-refractivity contribution in [2.75, 3.05) is 12.4 Å². The number of aryl methyl sites for hydroxylation is 1. The third-order valence-corrected chi connectivity index (χ3v) is 2.69. The first-order chi connectivity index (χ1) is 8.81. The zero-order chi connectivity index (χ0) is 12.8. The standard InChI is InChI=1S/C14H19N3O/c1-3-8-17-9-7-13(16-17)11-15-12-5-4-6-14(10-12)18-2/h4-7,9-10,15H,3,8,11H2,1-2H3. The van der Waals surface area contributed by atoms with Crippen LogP contribution >= 0.6 is 0 Å². The number of nitrogens with one attached hydrogen (secondary N) is 1. The van der Waals surface area contributed by atoms with Crippen LogP contribution in [0.25, 0.3) is 0 Å². The van der Waals surface area contributed by atoms with Crippen LogP contribution in [0.3, 0.4) is 0 Å². The highest BCUT2D eigenvalue weighted by Crippen LogP contribution is 2.17. The quantitative estimate of drug-likeness (QED) is 0.850. The van der Waals surface area contributed by atoms with Crippen LogP contribution in [0.2, 0.25) is 0 Å². The lowest BCUT2D eigenvalue weighted by Gasteiger charge is -2.06. The Morgan fingerprint density at radius 3 is 3.00 bits per heavy atom. The second-order valence-corrected chi connectivity index (χ2v) is 4.16. The predicted molar refractivity (Wildman–Crippen MR) is 72.8 cm³/mol. The van der Waals surface area contributed by atoms with E-state index in [2.05, 4.69) is 17.3 Å². The minimum absolute atomic E-state index is 0.726. The van der Waals surface area contributed by atoms with Gasteiger partial charge in [-0.05, 0) is 24.6 Å². The monoisotopic (exact) mass is 245 g/mol. The lowest BCUT2D eigenvalue weighted by Crippen LogP contribution is -2.03. The minimum Gasteiger partial charge on any atom is -0.497 e. The maximum atomic E-state index is 5.18. The molecule has 4 nitrogen and oxygen atoms in total. The van der Waals surface area contributed by atoms with Crippen molar-refractivity contribution in [2.24, 2.45) is 0 Å². The summed E-state index contributed by atoms with van der Waals surface area (Å²) in [4.78, 5) is 0. The van der Waals surface area contributed by atoms with Crippen LogP contribution in [-0.2, 0) is 13.1 Å². The molecule has 0 saturated carbocycles. The van der Waals surface area contributed by atoms with E-state index in [9.17, 15) is 0 Å². The molecule has 4 heteroatoms. The molecule has 1 aromatic heterocycles. The van der Waals surface area contributed by atoms with Crippen LogP contribution in [0, 0.1) is 0 Å². The van der Waals surface area contributed by atoms with Gasteiger partial charge in [-0.3, -0.25) is 4.68 Å². The van der Waals surface area contributed by atoms with Crippen molar-refractivity contribution in [3.63, 3.8) is 0 Å². The number of methoxy groups -OCH3 is 1. The Morgan fingerprint density at radius 1 is 1.33 bits per heavy atom. The Kier molecular flexibility index (Phi) is 4.23. The molecular weight excluding hydrogens is 226 g/mol. The molecule has 0 radical (unpaired) electrons. The summed E-state index contributed by atoms with van der Waals surface area (Å²) in [5, 5.41) is 7.82. The van der Waals surface area contributed by atoms with Gasteiger partial charge in [0.25, 0.3) is 0 Å². The summed E-state index contributed by atoms with van der Waals surface area (Å²) in [5.74, 6) is 0.858. The van der Waals surface area contributed by atoms with Gasteiger partial charge in [-0.15, -0.1) is 0 Å². The highest BCUT2D eigenvalue weighted by molar-refractivity contribution is 5.48. The van der Waals surface area contributed by atoms with Crippen LogP contribution in [0.5, 0.6) is 5.75 Å². The van der Waals surface area contributed by atoms with Gasteiger partial charge in [-0.25, -0.2) is 0 Å². The summed E-state index contributed by atoms with van der Waals surface area (Å²) in [6, 6.07) is 9.94. The smallest absolute Gasteiger partial charge is 0.120 e. The maximum absolute atomic E-state index is 5.18. The Balaban J connectivity index is 1.93. The van der Waals surface area contributed by atoms with Gasteiger partial charge >= 0.3 is 0 Å². The lowest BCUT2D eigenvalue weighted by atomic mass is 10.3. The number of anilines is 1. The Hall–Kier alpha value is -1.97. The first-order valence-electron chi connectivity index (χ1n) is 6.22. The number of nitrogens with zero attached hydrogens (tertiary/aromatic N) is 2. The van der Waals surface area contributed by atoms with Gasteiger partial charge in [0.05, 0.1) is 19.3 Å². The number of benzene rings is 1. The van der Waals surface area contributed by atoms with E-state index in [1.807, 2.05) is 41.2 Å². The average Bonchev–Trinajstić information content (AvgIpc) is 2.85. The molecule has 96 valence electrons. The fraction of sp³-hybridized carbons (Fsp3) is 0.357. The molecule has 0 aliphatic rings. The SMILES string of the molecule is CCCn1ccc(CNc2cccc(OC)c2)n1. The number of hydrogen-bond acceptors (Lipinski definition) is 3. The summed E-state index contributed by atoms with van der Waals surface area (Å²) in [7, 11) is 1.67. The molecule has 2 aromatic rings. The second-order valence-electron chi connectivity index (χ2n) is 4.16. The van der Waals surface area contributed by atoms with Crippen molar-refractivity contribution >= 4 is 5.69 Å². The van der Waals surface area contributed by atoms with Crippen molar-refractivity contribution in [1.82, 2.24) is 9.78 Å². The maximum Gasteiger partial charge on any atom is 0.120 e. The molecule has 0 aliphatic heterocycles. The zero-order valence-corrected chi connectivity index (χ0v) is 10.9. The van der Waals surface area contributed by atoms with Crippen LogP contribution < -0.4 is 10.1 Å². The largest absolute Gasteiger partial charge is 0.497 e. The van der Waals surface area contributed by atoms with Crippen LogP contribution in [0.4, 0.5) is 5.69 Å². The first-order valence-corrected chi connectivity index (χ1v) is 6.22. The lowest BCUT2D eigenvalue weighted by molar-refractivity contribution is 0.415. The summed E-state index contributed by atoms with van der Waals surface area (Å²) >= 11 is 0. The Labute approximate surface area is 108 Å². The molecule has 1 heterocycles. The summed E-state index contributed by atoms with van der Waals surface area (Å²) in [5.41, 5.74) is 2.09. The van der Waals surface area contributed by atoms with Gasteiger partial charge in [0.2, 0.25) is 0 Å². The summed E-state index contributed by atoms with van der Waals surface area (Å²) in [6.45, 7) is 3.85. The van der Waals surface area contributed by atoms with E-state index in [-0.39, 0.29) is 0 Å². The average molecular weight is 245 g/mol. The molecule has 1 aromatic carbocycles. The number of rotatable bonds is 6. The predicted octanol–water partition coefficient (Wildman–Crippen LogP) is 2.91. The number of hydrogen-bond donors (Lipinski definition) is 1. The molecule has 1 N–H and O–H groups in total. The van der Waals surface area contributed by atoms with Gasteiger partial charge < -0.3 is 10.1 Å². The van der Waals surface area contributed by atoms with E-state index in [0.717, 1.165) is 36.6 Å². The molecule has 18 heavy (non-hydrogen) atoms. The van der Waals surface area contributed by atoms with Gasteiger partial charge in [0, 0.05) is 24.5 Å². The topological polar surface area (TPSA) is 39.1 Å². The van der Waals surface area contributed by atoms with E-state index in [1.54, 1.807) is 7.11 Å². The summed E-state index contributed by atoms with van der Waals surface area (Å²) < 4.78 is 7.16. The van der Waals surface area contributed by atoms with Gasteiger partial charge in [0.1, 0.15) is 5.75 Å². The van der Waals surface area contributed by atoms with E-state index in [0.29, 0.717) is 0 Å². The van der Waals surface area contributed by atoms with Crippen molar-refractivity contribution in [2.45, 2.75) is 26.4 Å². The van der Waals surface area contributed by atoms with Gasteiger partial charge in [0.15, 0.2) is 0 Å². The molecule has 0 saturated heterocycles. The normalized spacial score (nSPS) is 10.3. The van der Waals surface area contributed by atoms with E-state index in [4.69, 9.17) is 4.74 Å². The third kappa shape index (κ3) is 3.26. The molecule has 0 unspecified atom stereocenters. The third-order valence-electron chi connectivity index (χ3n) is 2.69. The molecule has 0 aliphatic carbocycles. The Bertz CT molecular complexity index is 493. The van der Waals surface area contributed by atoms with Crippen LogP contribution in [0.1, 0.15) is 19.0 Å². The first kappa shape index (κ1) is 12.5. The highest BCUT2D eigenvalue weighted by atomic mass is 16.5. The molecule has 2 rings (SSSR count). The van der Waals surface area contributed by atoms with Crippen molar-refractivity contribution in [1.29, 1.82) is 0 Å². The molecule has 0 bridgehead atoms. The summed E-state index contributed by atoms with van der Waals surface area (Å²) in [6.07, 6.45) is 3.12. The molecule has 0 fully saturated rings. The highest BCUT2D eigenvalue weighted by Gasteiger charge is 1.99. The zero-order valence-electron chi connectivity index (χ0n) is 10.9. The van der Waals surface area contributed by atoms with Gasteiger partial charge in [-0.2, -0.15) is 5.10 Å². The minimum atomic E-state index is 0.726. The fourth-order valence-electron chi connectivity index (χ4n) is 1.78. The Morgan fingerprint density at radius 2 is 2.22 bits per heavy atom. The molecule has 0 amide bonds. The second kappa shape index (κ2) is 6.10.